The third-order valence-corrected chi connectivity index (χ3v) is 8.46. The van der Waals surface area contributed by atoms with E-state index < -0.39 is 21.3 Å². The van der Waals surface area contributed by atoms with Gasteiger partial charge >= 0.3 is 0 Å². The van der Waals surface area contributed by atoms with Crippen LogP contribution in [0.5, 0.6) is 0 Å². The van der Waals surface area contributed by atoms with Crippen LogP contribution < -0.4 is 5.73 Å². The van der Waals surface area contributed by atoms with Gasteiger partial charge in [-0.15, -0.1) is 0 Å². The fourth-order valence-electron chi connectivity index (χ4n) is 6.11. The largest absolute Gasteiger partial charge is 0.386 e. The van der Waals surface area contributed by atoms with Crippen molar-refractivity contribution in [3.8, 4) is 12.1 Å². The molecule has 1 aromatic rings. The van der Waals surface area contributed by atoms with E-state index >= 15 is 0 Å². The first kappa shape index (κ1) is 16.2. The molecule has 2 spiro atoms. The Morgan fingerprint density at radius 3 is 2.46 bits per heavy atom. The first-order valence-corrected chi connectivity index (χ1v) is 10.1. The minimum absolute atomic E-state index is 0.314. The Labute approximate surface area is 157 Å². The van der Waals surface area contributed by atoms with Crippen LogP contribution in [-0.2, 0) is 4.74 Å². The summed E-state index contributed by atoms with van der Waals surface area (Å²) in [5.41, 5.74) is 5.28. The molecule has 6 heteroatoms. The molecule has 0 amide bonds. The second-order valence-electron chi connectivity index (χ2n) is 7.77. The third kappa shape index (κ3) is 1.44. The van der Waals surface area contributed by atoms with E-state index in [-0.39, 0.29) is 0 Å². The summed E-state index contributed by atoms with van der Waals surface area (Å²) in [4.78, 5) is 4.55. The lowest BCUT2D eigenvalue weighted by molar-refractivity contribution is 0.00223. The molecular weight excluding hydrogens is 344 g/mol. The maximum absolute atomic E-state index is 10.3. The van der Waals surface area contributed by atoms with Crippen molar-refractivity contribution >= 4 is 17.6 Å². The molecule has 2 heterocycles. The first-order chi connectivity index (χ1) is 12.6. The fourth-order valence-corrected chi connectivity index (χ4v) is 7.49. The topological polar surface area (TPSA) is 95.2 Å². The number of nitrogens with zero attached hydrogens (tertiary/aromatic N) is 3. The SMILES string of the molecule is N#C[C@@]12C3(CCC(c4ccccc4)CC3)[C@]1(C#N)C(N)=N[C@@]21OCCS1. The van der Waals surface area contributed by atoms with E-state index in [0.717, 1.165) is 31.4 Å². The molecule has 2 saturated carbocycles. The number of fused-ring (bicyclic) bond motifs is 4. The van der Waals surface area contributed by atoms with Gasteiger partial charge in [0.15, 0.2) is 5.41 Å². The molecule has 5 rings (SSSR count). The van der Waals surface area contributed by atoms with Crippen molar-refractivity contribution in [2.75, 3.05) is 12.4 Å². The number of rotatable bonds is 1. The third-order valence-electron chi connectivity index (χ3n) is 7.19. The number of aliphatic imine (C=N–C) groups is 1. The van der Waals surface area contributed by atoms with Gasteiger partial charge in [0, 0.05) is 11.2 Å². The summed E-state index contributed by atoms with van der Waals surface area (Å²) >= 11 is 1.54. The molecule has 0 radical (unpaired) electrons. The zero-order valence-corrected chi connectivity index (χ0v) is 15.3. The Morgan fingerprint density at radius 1 is 1.15 bits per heavy atom. The van der Waals surface area contributed by atoms with Gasteiger partial charge in [0.2, 0.25) is 5.06 Å². The molecule has 3 atom stereocenters. The van der Waals surface area contributed by atoms with Crippen LogP contribution in [0.25, 0.3) is 0 Å². The molecule has 1 aromatic carbocycles. The van der Waals surface area contributed by atoms with Gasteiger partial charge in [-0.25, -0.2) is 4.99 Å². The van der Waals surface area contributed by atoms with Crippen LogP contribution in [0.3, 0.4) is 0 Å². The highest BCUT2D eigenvalue weighted by Crippen LogP contribution is 2.90. The van der Waals surface area contributed by atoms with Gasteiger partial charge in [-0.1, -0.05) is 42.1 Å². The smallest absolute Gasteiger partial charge is 0.230 e. The molecule has 0 bridgehead atoms. The molecule has 2 aliphatic heterocycles. The molecule has 26 heavy (non-hydrogen) atoms. The van der Waals surface area contributed by atoms with E-state index in [9.17, 15) is 10.5 Å². The van der Waals surface area contributed by atoms with Crippen molar-refractivity contribution in [1.29, 1.82) is 10.5 Å². The van der Waals surface area contributed by atoms with Crippen LogP contribution in [0, 0.1) is 38.9 Å². The van der Waals surface area contributed by atoms with Crippen LogP contribution in [0.15, 0.2) is 35.3 Å². The Hall–Kier alpha value is -2.02. The van der Waals surface area contributed by atoms with E-state index in [1.54, 1.807) is 11.8 Å². The maximum atomic E-state index is 10.3. The molecule has 2 aliphatic carbocycles. The van der Waals surface area contributed by atoms with Crippen LogP contribution in [-0.4, -0.2) is 23.3 Å². The highest BCUT2D eigenvalue weighted by atomic mass is 32.2. The summed E-state index contributed by atoms with van der Waals surface area (Å²) < 4.78 is 6.01. The van der Waals surface area contributed by atoms with Gasteiger partial charge in [0.25, 0.3) is 0 Å². The van der Waals surface area contributed by atoms with E-state index in [4.69, 9.17) is 10.5 Å². The average molecular weight is 364 g/mol. The van der Waals surface area contributed by atoms with Crippen molar-refractivity contribution < 1.29 is 4.74 Å². The molecule has 2 N–H and O–H groups in total. The number of benzene rings is 1. The molecule has 4 aliphatic rings. The molecule has 0 unspecified atom stereocenters. The zero-order valence-electron chi connectivity index (χ0n) is 14.4. The van der Waals surface area contributed by atoms with Gasteiger partial charge < -0.3 is 10.5 Å². The van der Waals surface area contributed by atoms with Gasteiger partial charge in [0.05, 0.1) is 18.7 Å². The van der Waals surface area contributed by atoms with Gasteiger partial charge in [-0.2, -0.15) is 10.5 Å². The molecule has 5 nitrogen and oxygen atoms in total. The van der Waals surface area contributed by atoms with E-state index in [2.05, 4.69) is 41.4 Å². The van der Waals surface area contributed by atoms with Crippen molar-refractivity contribution in [2.45, 2.75) is 36.7 Å². The lowest BCUT2D eigenvalue weighted by atomic mass is 9.71. The lowest BCUT2D eigenvalue weighted by Crippen LogP contribution is -2.38. The summed E-state index contributed by atoms with van der Waals surface area (Å²) in [7, 11) is 0. The van der Waals surface area contributed by atoms with Gasteiger partial charge in [0.1, 0.15) is 11.3 Å². The number of hydrogen-bond donors (Lipinski definition) is 1. The Bertz CT molecular complexity index is 871. The van der Waals surface area contributed by atoms with Crippen LogP contribution in [0.1, 0.15) is 37.2 Å². The Balaban J connectivity index is 1.54. The molecule has 132 valence electrons. The monoisotopic (exact) mass is 364 g/mol. The van der Waals surface area contributed by atoms with Crippen LogP contribution >= 0.6 is 11.8 Å². The molecule has 0 aromatic heterocycles. The Morgan fingerprint density at radius 2 is 1.88 bits per heavy atom. The normalized spacial score (nSPS) is 45.8. The second-order valence-corrected chi connectivity index (χ2v) is 9.02. The predicted octanol–water partition coefficient (Wildman–Crippen LogP) is 3.15. The quantitative estimate of drug-likeness (QED) is 0.826. The summed E-state index contributed by atoms with van der Waals surface area (Å²) in [6, 6.07) is 15.5. The minimum Gasteiger partial charge on any atom is -0.386 e. The average Bonchev–Trinajstić information content (AvgIpc) is 2.95. The highest BCUT2D eigenvalue weighted by molar-refractivity contribution is 8.00. The standard InChI is InChI=1S/C20H20N4OS/c21-12-18-16(23)24-20(25-10-11-26-20)19(18,13-22)17(18)8-6-15(7-9-17)14-4-2-1-3-5-14/h1-5,15H,6-11H2,(H2,23,24)/t15?,17?,18-,19+,20+/m0/s1. The summed E-state index contributed by atoms with van der Waals surface area (Å²) in [5.74, 6) is 1.57. The van der Waals surface area contributed by atoms with E-state index in [1.165, 1.54) is 5.56 Å². The van der Waals surface area contributed by atoms with Crippen LogP contribution in [0.2, 0.25) is 0 Å². The van der Waals surface area contributed by atoms with E-state index in [1.807, 2.05) is 6.07 Å². The van der Waals surface area contributed by atoms with Gasteiger partial charge in [-0.3, -0.25) is 0 Å². The number of nitriles is 2. The summed E-state index contributed by atoms with van der Waals surface area (Å²) in [6.07, 6.45) is 3.56. The van der Waals surface area contributed by atoms with E-state index in [0.29, 0.717) is 18.4 Å². The zero-order chi connectivity index (χ0) is 18.0. The van der Waals surface area contributed by atoms with Gasteiger partial charge in [-0.05, 0) is 37.2 Å². The maximum Gasteiger partial charge on any atom is 0.230 e. The lowest BCUT2D eigenvalue weighted by Gasteiger charge is -2.36. The Kier molecular flexibility index (Phi) is 3.13. The molecular formula is C20H20N4OS. The minimum atomic E-state index is -0.992. The number of nitrogens with two attached hydrogens (primary N) is 1. The first-order valence-electron chi connectivity index (χ1n) is 9.14. The summed E-state index contributed by atoms with van der Waals surface area (Å²) in [5, 5.41) is 19.4. The van der Waals surface area contributed by atoms with Crippen molar-refractivity contribution in [3.63, 3.8) is 0 Å². The number of ether oxygens (including phenoxy) is 1. The molecule has 3 fully saturated rings. The van der Waals surface area contributed by atoms with Crippen molar-refractivity contribution in [3.05, 3.63) is 35.9 Å². The number of hydrogen-bond acceptors (Lipinski definition) is 6. The number of amidine groups is 1. The van der Waals surface area contributed by atoms with Crippen LogP contribution in [0.4, 0.5) is 0 Å². The van der Waals surface area contributed by atoms with Crippen molar-refractivity contribution in [1.82, 2.24) is 0 Å². The van der Waals surface area contributed by atoms with Crippen molar-refractivity contribution in [2.24, 2.45) is 27.0 Å². The summed E-state index contributed by atoms with van der Waals surface area (Å²) in [6.45, 7) is 0.551. The predicted molar refractivity (Wildman–Crippen MR) is 98.9 cm³/mol. The highest BCUT2D eigenvalue weighted by Gasteiger charge is 2.99. The number of thioether (sulfide) groups is 1. The fraction of sp³-hybridized carbons (Fsp3) is 0.550. The molecule has 1 saturated heterocycles. The second kappa shape index (κ2) is 5.03.